The lowest BCUT2D eigenvalue weighted by molar-refractivity contribution is 0.474. The van der Waals surface area contributed by atoms with E-state index in [1.54, 1.807) is 12.1 Å². The maximum absolute atomic E-state index is 14.0. The maximum Gasteiger partial charge on any atom is 0.224 e. The first kappa shape index (κ1) is 16.8. The van der Waals surface area contributed by atoms with Gasteiger partial charge in [-0.1, -0.05) is 48.0 Å². The van der Waals surface area contributed by atoms with E-state index in [4.69, 9.17) is 0 Å². The van der Waals surface area contributed by atoms with Crippen LogP contribution in [0.4, 0.5) is 4.39 Å². The third-order valence-electron chi connectivity index (χ3n) is 3.06. The summed E-state index contributed by atoms with van der Waals surface area (Å²) in [6, 6.07) is 15.9. The molecule has 0 aliphatic carbocycles. The molecule has 0 amide bonds. The smallest absolute Gasteiger partial charge is 0.224 e. The molecule has 1 unspecified atom stereocenters. The van der Waals surface area contributed by atoms with Crippen molar-refractivity contribution < 1.29 is 12.8 Å². The minimum Gasteiger partial charge on any atom is -0.225 e. The van der Waals surface area contributed by atoms with Crippen LogP contribution in [0.5, 0.6) is 0 Å². The van der Waals surface area contributed by atoms with Crippen molar-refractivity contribution in [3.8, 4) is 0 Å². The summed E-state index contributed by atoms with van der Waals surface area (Å²) in [5, 5.41) is 1.50. The Morgan fingerprint density at radius 3 is 2.36 bits per heavy atom. The van der Waals surface area contributed by atoms with Crippen molar-refractivity contribution in [2.45, 2.75) is 23.1 Å². The van der Waals surface area contributed by atoms with Crippen molar-refractivity contribution in [2.75, 3.05) is 0 Å². The molecule has 0 saturated carbocycles. The molecule has 2 nitrogen and oxygen atoms in total. The van der Waals surface area contributed by atoms with Crippen molar-refractivity contribution >= 4 is 21.6 Å². The molecular weight excluding hydrogens is 319 g/mol. The van der Waals surface area contributed by atoms with Gasteiger partial charge in [0.25, 0.3) is 0 Å². The Balaban J connectivity index is 1.97. The van der Waals surface area contributed by atoms with Crippen LogP contribution in [-0.2, 0) is 15.6 Å². The van der Waals surface area contributed by atoms with Gasteiger partial charge >= 0.3 is 0 Å². The second kappa shape index (κ2) is 7.61. The molecule has 0 spiro atoms. The minimum absolute atomic E-state index is 0.00306. The van der Waals surface area contributed by atoms with E-state index >= 15 is 0 Å². The Hall–Kier alpha value is -1.59. The molecule has 0 aliphatic rings. The first-order chi connectivity index (χ1) is 10.5. The van der Waals surface area contributed by atoms with Crippen LogP contribution in [-0.4, -0.2) is 13.9 Å². The number of hydrogen-bond acceptors (Lipinski definition) is 3. The second-order valence-electron chi connectivity index (χ2n) is 4.83. The summed E-state index contributed by atoms with van der Waals surface area (Å²) < 4.78 is 38.1. The van der Waals surface area contributed by atoms with Gasteiger partial charge in [0.05, 0.1) is 4.90 Å². The predicted octanol–water partition coefficient (Wildman–Crippen LogP) is 4.51. The summed E-state index contributed by atoms with van der Waals surface area (Å²) in [6.07, 6.45) is 1.09. The van der Waals surface area contributed by atoms with E-state index in [9.17, 15) is 12.8 Å². The van der Waals surface area contributed by atoms with Crippen LogP contribution in [0.25, 0.3) is 0 Å². The molecule has 0 bridgehead atoms. The van der Waals surface area contributed by atoms with Crippen LogP contribution in [0.3, 0.4) is 0 Å². The predicted molar refractivity (Wildman–Crippen MR) is 90.1 cm³/mol. The van der Waals surface area contributed by atoms with Gasteiger partial charge in [0.15, 0.2) is 0 Å². The highest BCUT2D eigenvalue weighted by Crippen LogP contribution is 2.20. The fourth-order valence-electron chi connectivity index (χ4n) is 1.80. The number of benzene rings is 2. The van der Waals surface area contributed by atoms with E-state index in [0.717, 1.165) is 17.2 Å². The lowest BCUT2D eigenvalue weighted by Gasteiger charge is -2.06. The van der Waals surface area contributed by atoms with Crippen LogP contribution < -0.4 is 0 Å². The average Bonchev–Trinajstić information content (AvgIpc) is 2.52. The fraction of sp³-hybridized carbons (Fsp3) is 0.176. The highest BCUT2D eigenvalue weighted by atomic mass is 32.2. The average molecular weight is 336 g/mol. The molecule has 2 aromatic rings. The lowest BCUT2D eigenvalue weighted by Crippen LogP contribution is -2.13. The molecule has 1 atom stereocenters. The Kier molecular flexibility index (Phi) is 5.80. The molecule has 116 valence electrons. The Morgan fingerprint density at radius 2 is 1.73 bits per heavy atom. The molecule has 2 rings (SSSR count). The SMILES string of the molecule is Cc1ccc(S(=O)(=O)C(F)/C=C/SCc2ccccc2)cc1. The van der Waals surface area contributed by atoms with Gasteiger partial charge in [-0.05, 0) is 36.1 Å². The zero-order valence-corrected chi connectivity index (χ0v) is 13.8. The fourth-order valence-corrected chi connectivity index (χ4v) is 3.69. The number of thioether (sulfide) groups is 1. The summed E-state index contributed by atoms with van der Waals surface area (Å²) in [5.41, 5.74) is 0.00995. The molecule has 0 aromatic heterocycles. The number of halogens is 1. The van der Waals surface area contributed by atoms with E-state index in [1.165, 1.54) is 29.3 Å². The van der Waals surface area contributed by atoms with Gasteiger partial charge in [-0.2, -0.15) is 0 Å². The van der Waals surface area contributed by atoms with Crippen molar-refractivity contribution in [1.82, 2.24) is 0 Å². The second-order valence-corrected chi connectivity index (χ2v) is 7.74. The first-order valence-corrected chi connectivity index (χ1v) is 9.36. The molecular formula is C17H17FO2S2. The largest absolute Gasteiger partial charge is 0.225 e. The van der Waals surface area contributed by atoms with Gasteiger partial charge in [-0.3, -0.25) is 0 Å². The van der Waals surface area contributed by atoms with Crippen LogP contribution in [0, 0.1) is 6.92 Å². The Labute approximate surface area is 135 Å². The van der Waals surface area contributed by atoms with Crippen molar-refractivity contribution in [3.63, 3.8) is 0 Å². The first-order valence-electron chi connectivity index (χ1n) is 6.77. The molecule has 0 N–H and O–H groups in total. The summed E-state index contributed by atoms with van der Waals surface area (Å²) >= 11 is 1.36. The molecule has 0 heterocycles. The summed E-state index contributed by atoms with van der Waals surface area (Å²) in [4.78, 5) is 0.00306. The highest BCUT2D eigenvalue weighted by molar-refractivity contribution is 8.01. The van der Waals surface area contributed by atoms with Crippen LogP contribution in [0.2, 0.25) is 0 Å². The topological polar surface area (TPSA) is 34.1 Å². The number of hydrogen-bond donors (Lipinski definition) is 0. The quantitative estimate of drug-likeness (QED) is 0.778. The molecule has 0 fully saturated rings. The van der Waals surface area contributed by atoms with Crippen LogP contribution >= 0.6 is 11.8 Å². The van der Waals surface area contributed by atoms with Crippen LogP contribution in [0.15, 0.2) is 71.0 Å². The van der Waals surface area contributed by atoms with Gasteiger partial charge < -0.3 is 0 Å². The third kappa shape index (κ3) is 4.45. The van der Waals surface area contributed by atoms with Gasteiger partial charge in [0.2, 0.25) is 15.3 Å². The van der Waals surface area contributed by atoms with Gasteiger partial charge in [-0.15, -0.1) is 11.8 Å². The minimum atomic E-state index is -3.97. The molecule has 0 aliphatic heterocycles. The highest BCUT2D eigenvalue weighted by Gasteiger charge is 2.24. The van der Waals surface area contributed by atoms with Gasteiger partial charge in [0, 0.05) is 5.75 Å². The monoisotopic (exact) mass is 336 g/mol. The molecule has 0 radical (unpaired) electrons. The van der Waals surface area contributed by atoms with E-state index in [-0.39, 0.29) is 4.90 Å². The number of aryl methyl sites for hydroxylation is 1. The van der Waals surface area contributed by atoms with E-state index in [0.29, 0.717) is 5.75 Å². The van der Waals surface area contributed by atoms with Gasteiger partial charge in [0.1, 0.15) is 0 Å². The van der Waals surface area contributed by atoms with Crippen molar-refractivity contribution in [2.24, 2.45) is 0 Å². The standard InChI is InChI=1S/C17H17FO2S2/c1-14-7-9-16(10-8-14)22(19,20)17(18)11-12-21-13-15-5-3-2-4-6-15/h2-12,17H,13H2,1H3/b12-11+. The van der Waals surface area contributed by atoms with Gasteiger partial charge in [-0.25, -0.2) is 12.8 Å². The Morgan fingerprint density at radius 1 is 1.09 bits per heavy atom. The lowest BCUT2D eigenvalue weighted by atomic mass is 10.2. The zero-order chi connectivity index (χ0) is 16.0. The Bertz CT molecular complexity index is 723. The summed E-state index contributed by atoms with van der Waals surface area (Å²) in [5.74, 6) is 0.675. The zero-order valence-electron chi connectivity index (χ0n) is 12.1. The third-order valence-corrected chi connectivity index (χ3v) is 5.59. The molecule has 0 saturated heterocycles. The summed E-state index contributed by atoms with van der Waals surface area (Å²) in [6.45, 7) is 1.85. The van der Waals surface area contributed by atoms with E-state index < -0.39 is 15.3 Å². The number of rotatable bonds is 6. The van der Waals surface area contributed by atoms with E-state index in [1.807, 2.05) is 37.3 Å². The molecule has 5 heteroatoms. The number of alkyl halides is 1. The van der Waals surface area contributed by atoms with E-state index in [2.05, 4.69) is 0 Å². The summed E-state index contributed by atoms with van der Waals surface area (Å²) in [7, 11) is -3.97. The van der Waals surface area contributed by atoms with Crippen molar-refractivity contribution in [3.05, 3.63) is 77.2 Å². The van der Waals surface area contributed by atoms with Crippen molar-refractivity contribution in [1.29, 1.82) is 0 Å². The number of sulfone groups is 1. The molecule has 2 aromatic carbocycles. The molecule has 22 heavy (non-hydrogen) atoms. The van der Waals surface area contributed by atoms with Crippen LogP contribution in [0.1, 0.15) is 11.1 Å². The normalized spacial score (nSPS) is 13.4. The maximum atomic E-state index is 14.0.